The van der Waals surface area contributed by atoms with Crippen LogP contribution in [-0.2, 0) is 27.9 Å². The van der Waals surface area contributed by atoms with Crippen LogP contribution in [0.5, 0.6) is 0 Å². The first-order valence-corrected chi connectivity index (χ1v) is 10.6. The van der Waals surface area contributed by atoms with Gasteiger partial charge >= 0.3 is 12.1 Å². The second-order valence-electron chi connectivity index (χ2n) is 8.57. The SMILES string of the molecule is O=C(O)c1ccc(C2(NC(=O)C(OCc3ccc(C(F)(F)F)cc3)C3CCC3)CC2)cc1. The van der Waals surface area contributed by atoms with E-state index in [1.807, 2.05) is 0 Å². The molecule has 1 unspecified atom stereocenters. The van der Waals surface area contributed by atoms with Crippen LogP contribution in [0.3, 0.4) is 0 Å². The van der Waals surface area contributed by atoms with E-state index in [0.29, 0.717) is 5.56 Å². The number of hydrogen-bond donors (Lipinski definition) is 2. The van der Waals surface area contributed by atoms with Gasteiger partial charge < -0.3 is 15.2 Å². The minimum Gasteiger partial charge on any atom is -0.478 e. The van der Waals surface area contributed by atoms with Crippen LogP contribution in [0.2, 0.25) is 0 Å². The maximum absolute atomic E-state index is 13.1. The fraction of sp³-hybridized carbons (Fsp3) is 0.417. The van der Waals surface area contributed by atoms with Gasteiger partial charge in [0.15, 0.2) is 0 Å². The van der Waals surface area contributed by atoms with E-state index in [2.05, 4.69) is 5.32 Å². The van der Waals surface area contributed by atoms with E-state index in [1.54, 1.807) is 12.1 Å². The Morgan fingerprint density at radius 3 is 2.16 bits per heavy atom. The van der Waals surface area contributed by atoms with Crippen molar-refractivity contribution in [3.05, 3.63) is 70.8 Å². The molecule has 8 heteroatoms. The summed E-state index contributed by atoms with van der Waals surface area (Å²) in [5, 5.41) is 12.2. The molecule has 0 aromatic heterocycles. The highest BCUT2D eigenvalue weighted by Crippen LogP contribution is 2.46. The summed E-state index contributed by atoms with van der Waals surface area (Å²) in [5.41, 5.74) is 0.363. The van der Waals surface area contributed by atoms with Crippen LogP contribution in [0.4, 0.5) is 13.2 Å². The standard InChI is InChI=1S/C24H24F3NO4/c25-24(26,27)19-8-4-15(5-9-19)14-32-20(16-2-1-3-16)21(29)28-23(12-13-23)18-10-6-17(7-11-18)22(30)31/h4-11,16,20H,1-3,12-14H2,(H,28,29)(H,30,31). The maximum Gasteiger partial charge on any atom is 0.416 e. The van der Waals surface area contributed by atoms with Gasteiger partial charge in [-0.05, 0) is 67.0 Å². The van der Waals surface area contributed by atoms with Crippen LogP contribution in [-0.4, -0.2) is 23.1 Å². The van der Waals surface area contributed by atoms with Crippen LogP contribution in [0, 0.1) is 5.92 Å². The number of carbonyl (C=O) groups is 2. The second kappa shape index (κ2) is 8.58. The zero-order valence-corrected chi connectivity index (χ0v) is 17.3. The van der Waals surface area contributed by atoms with Crippen LogP contribution in [0.25, 0.3) is 0 Å². The van der Waals surface area contributed by atoms with Gasteiger partial charge in [0.25, 0.3) is 0 Å². The summed E-state index contributed by atoms with van der Waals surface area (Å²) in [5.74, 6) is -1.16. The van der Waals surface area contributed by atoms with E-state index >= 15 is 0 Å². The van der Waals surface area contributed by atoms with Crippen molar-refractivity contribution in [1.29, 1.82) is 0 Å². The second-order valence-corrected chi connectivity index (χ2v) is 8.57. The molecule has 1 atom stereocenters. The summed E-state index contributed by atoms with van der Waals surface area (Å²) in [6.07, 6.45) is -0.823. The molecular formula is C24H24F3NO4. The topological polar surface area (TPSA) is 75.6 Å². The number of nitrogens with one attached hydrogen (secondary N) is 1. The first-order valence-electron chi connectivity index (χ1n) is 10.6. The van der Waals surface area contributed by atoms with E-state index in [1.165, 1.54) is 24.3 Å². The van der Waals surface area contributed by atoms with E-state index < -0.39 is 29.4 Å². The van der Waals surface area contributed by atoms with Crippen molar-refractivity contribution in [3.8, 4) is 0 Å². The van der Waals surface area contributed by atoms with Gasteiger partial charge in [0.2, 0.25) is 5.91 Å². The zero-order chi connectivity index (χ0) is 22.9. The normalized spacial score (nSPS) is 18.5. The van der Waals surface area contributed by atoms with Crippen LogP contribution in [0.1, 0.15) is 59.2 Å². The van der Waals surface area contributed by atoms with E-state index in [-0.39, 0.29) is 24.0 Å². The lowest BCUT2D eigenvalue weighted by molar-refractivity contribution is -0.141. The molecule has 2 N–H and O–H groups in total. The van der Waals surface area contributed by atoms with Gasteiger partial charge in [0, 0.05) is 0 Å². The predicted octanol–water partition coefficient (Wildman–Crippen LogP) is 4.89. The average molecular weight is 447 g/mol. The Labute approximate surface area is 183 Å². The van der Waals surface area contributed by atoms with Gasteiger partial charge in [0.05, 0.1) is 23.3 Å². The monoisotopic (exact) mass is 447 g/mol. The molecule has 1 amide bonds. The molecule has 0 spiro atoms. The predicted molar refractivity (Wildman–Crippen MR) is 110 cm³/mol. The summed E-state index contributed by atoms with van der Waals surface area (Å²) in [7, 11) is 0. The number of aromatic carboxylic acids is 1. The molecule has 0 saturated heterocycles. The summed E-state index contributed by atoms with van der Waals surface area (Å²) in [4.78, 5) is 24.2. The lowest BCUT2D eigenvalue weighted by Crippen LogP contribution is -2.47. The van der Waals surface area contributed by atoms with Crippen molar-refractivity contribution in [2.75, 3.05) is 0 Å². The largest absolute Gasteiger partial charge is 0.478 e. The molecule has 2 fully saturated rings. The number of rotatable bonds is 8. The van der Waals surface area contributed by atoms with Gasteiger partial charge in [0.1, 0.15) is 6.10 Å². The van der Waals surface area contributed by atoms with Gasteiger partial charge in [-0.1, -0.05) is 30.7 Å². The molecule has 170 valence electrons. The van der Waals surface area contributed by atoms with Crippen molar-refractivity contribution in [3.63, 3.8) is 0 Å². The molecule has 2 aliphatic carbocycles. The zero-order valence-electron chi connectivity index (χ0n) is 17.3. The molecular weight excluding hydrogens is 423 g/mol. The summed E-state index contributed by atoms with van der Waals surface area (Å²) in [6, 6.07) is 11.2. The Kier molecular flexibility index (Phi) is 5.99. The Balaban J connectivity index is 1.42. The highest BCUT2D eigenvalue weighted by molar-refractivity contribution is 5.87. The molecule has 0 bridgehead atoms. The third-order valence-electron chi connectivity index (χ3n) is 6.34. The minimum atomic E-state index is -4.39. The van der Waals surface area contributed by atoms with Crippen LogP contribution >= 0.6 is 0 Å². The number of benzene rings is 2. The van der Waals surface area contributed by atoms with E-state index in [9.17, 15) is 22.8 Å². The molecule has 2 aromatic rings. The number of halogens is 3. The number of amides is 1. The number of ether oxygens (including phenoxy) is 1. The Morgan fingerprint density at radius 1 is 1.06 bits per heavy atom. The van der Waals surface area contributed by atoms with E-state index in [4.69, 9.17) is 9.84 Å². The summed E-state index contributed by atoms with van der Waals surface area (Å²) < 4.78 is 44.2. The highest BCUT2D eigenvalue weighted by atomic mass is 19.4. The van der Waals surface area contributed by atoms with Gasteiger partial charge in [-0.3, -0.25) is 4.79 Å². The molecule has 0 heterocycles. The molecule has 4 rings (SSSR count). The first-order chi connectivity index (χ1) is 15.2. The third kappa shape index (κ3) is 4.80. The number of carbonyl (C=O) groups excluding carboxylic acids is 1. The van der Waals surface area contributed by atoms with Crippen LogP contribution in [0.15, 0.2) is 48.5 Å². The fourth-order valence-corrected chi connectivity index (χ4v) is 3.99. The van der Waals surface area contributed by atoms with Gasteiger partial charge in [-0.15, -0.1) is 0 Å². The number of carboxylic acid groups (broad SMARTS) is 1. The van der Waals surface area contributed by atoms with Gasteiger partial charge in [-0.2, -0.15) is 13.2 Å². The third-order valence-corrected chi connectivity index (χ3v) is 6.34. The van der Waals surface area contributed by atoms with Crippen molar-refractivity contribution in [2.24, 2.45) is 5.92 Å². The molecule has 32 heavy (non-hydrogen) atoms. The smallest absolute Gasteiger partial charge is 0.416 e. The van der Waals surface area contributed by atoms with Crippen molar-refractivity contribution >= 4 is 11.9 Å². The first kappa shape index (κ1) is 22.3. The summed E-state index contributed by atoms with van der Waals surface area (Å²) in [6.45, 7) is 0.0486. The Morgan fingerprint density at radius 2 is 1.69 bits per heavy atom. The molecule has 2 aromatic carbocycles. The minimum absolute atomic E-state index is 0.0486. The summed E-state index contributed by atoms with van der Waals surface area (Å²) >= 11 is 0. The molecule has 2 aliphatic rings. The number of alkyl halides is 3. The number of carboxylic acids is 1. The van der Waals surface area contributed by atoms with Crippen molar-refractivity contribution in [1.82, 2.24) is 5.32 Å². The Hall–Kier alpha value is -2.87. The fourth-order valence-electron chi connectivity index (χ4n) is 3.99. The Bertz CT molecular complexity index is 978. The quantitative estimate of drug-likeness (QED) is 0.604. The number of hydrogen-bond acceptors (Lipinski definition) is 3. The maximum atomic E-state index is 13.1. The van der Waals surface area contributed by atoms with Crippen molar-refractivity contribution in [2.45, 2.75) is 56.5 Å². The van der Waals surface area contributed by atoms with Crippen molar-refractivity contribution < 1.29 is 32.6 Å². The van der Waals surface area contributed by atoms with Gasteiger partial charge in [-0.25, -0.2) is 4.79 Å². The van der Waals surface area contributed by atoms with Crippen LogP contribution < -0.4 is 5.32 Å². The molecule has 2 saturated carbocycles. The highest BCUT2D eigenvalue weighted by Gasteiger charge is 2.47. The molecule has 5 nitrogen and oxygen atoms in total. The lowest BCUT2D eigenvalue weighted by Gasteiger charge is -2.34. The molecule has 0 radical (unpaired) electrons. The lowest BCUT2D eigenvalue weighted by atomic mass is 9.80. The average Bonchev–Trinajstić information content (AvgIpc) is 3.49. The molecule has 0 aliphatic heterocycles. The van der Waals surface area contributed by atoms with E-state index in [0.717, 1.165) is 49.8 Å².